The summed E-state index contributed by atoms with van der Waals surface area (Å²) in [4.78, 5) is 12.8. The van der Waals surface area contributed by atoms with Gasteiger partial charge in [-0.1, -0.05) is 36.4 Å². The van der Waals surface area contributed by atoms with Crippen LogP contribution in [0.25, 0.3) is 10.9 Å². The highest BCUT2D eigenvalue weighted by molar-refractivity contribution is 7.90. The Kier molecular flexibility index (Phi) is 4.16. The summed E-state index contributed by atoms with van der Waals surface area (Å²) in [6, 6.07) is 15.2. The van der Waals surface area contributed by atoms with Crippen molar-refractivity contribution in [3.8, 4) is 0 Å². The fraction of sp³-hybridized carbons (Fsp3) is 0.211. The fourth-order valence-electron chi connectivity index (χ4n) is 2.64. The number of fused-ring (bicyclic) bond motifs is 1. The van der Waals surface area contributed by atoms with Crippen molar-refractivity contribution in [2.75, 3.05) is 0 Å². The second-order valence-electron chi connectivity index (χ2n) is 6.88. The molecule has 2 aromatic carbocycles. The molecule has 0 aliphatic carbocycles. The van der Waals surface area contributed by atoms with E-state index in [1.807, 2.05) is 20.8 Å². The molecule has 0 aliphatic heterocycles. The van der Waals surface area contributed by atoms with Gasteiger partial charge in [-0.15, -0.1) is 0 Å². The number of rotatable bonds is 3. The normalized spacial score (nSPS) is 12.3. The molecular formula is C19H20N2O3S. The van der Waals surface area contributed by atoms with Gasteiger partial charge in [0.15, 0.2) is 0 Å². The first-order valence-corrected chi connectivity index (χ1v) is 9.37. The summed E-state index contributed by atoms with van der Waals surface area (Å²) in [5.41, 5.74) is 0.397. The van der Waals surface area contributed by atoms with E-state index in [1.54, 1.807) is 54.6 Å². The van der Waals surface area contributed by atoms with Crippen LogP contribution in [0.2, 0.25) is 0 Å². The highest BCUT2D eigenvalue weighted by Gasteiger charge is 2.25. The number of nitrogens with zero attached hydrogens (tertiary/aromatic N) is 1. The first-order chi connectivity index (χ1) is 11.7. The molecule has 0 saturated heterocycles. The van der Waals surface area contributed by atoms with Crippen molar-refractivity contribution in [1.82, 2.24) is 9.29 Å². The van der Waals surface area contributed by atoms with Gasteiger partial charge in [-0.25, -0.2) is 12.4 Å². The molecule has 0 spiro atoms. The fourth-order valence-corrected chi connectivity index (χ4v) is 4.03. The second-order valence-corrected chi connectivity index (χ2v) is 8.69. The van der Waals surface area contributed by atoms with Crippen LogP contribution in [0.4, 0.5) is 0 Å². The van der Waals surface area contributed by atoms with Crippen LogP contribution >= 0.6 is 0 Å². The predicted octanol–water partition coefficient (Wildman–Crippen LogP) is 3.41. The topological polar surface area (TPSA) is 68.2 Å². The molecular weight excluding hydrogens is 336 g/mol. The lowest BCUT2D eigenvalue weighted by atomic mass is 10.1. The highest BCUT2D eigenvalue weighted by Crippen LogP contribution is 2.26. The standard InChI is InChI=1S/C19H20N2O3S/c1-19(2,3)20-18(22)16-13-21(17-12-8-7-11-15(16)17)25(23,24)14-9-5-4-6-10-14/h4-13H,1-3H3,(H,20,22). The lowest BCUT2D eigenvalue weighted by Crippen LogP contribution is -2.40. The number of amides is 1. The molecule has 0 unspecified atom stereocenters. The van der Waals surface area contributed by atoms with E-state index in [-0.39, 0.29) is 10.8 Å². The zero-order chi connectivity index (χ0) is 18.2. The van der Waals surface area contributed by atoms with E-state index < -0.39 is 15.6 Å². The minimum Gasteiger partial charge on any atom is -0.347 e. The Morgan fingerprint density at radius 3 is 2.20 bits per heavy atom. The Bertz CT molecular complexity index is 1030. The maximum Gasteiger partial charge on any atom is 0.268 e. The average Bonchev–Trinajstić information content (AvgIpc) is 2.95. The predicted molar refractivity (Wildman–Crippen MR) is 98.2 cm³/mol. The smallest absolute Gasteiger partial charge is 0.268 e. The van der Waals surface area contributed by atoms with Gasteiger partial charge in [0.05, 0.1) is 16.0 Å². The molecule has 3 rings (SSSR count). The third-order valence-corrected chi connectivity index (χ3v) is 5.40. The van der Waals surface area contributed by atoms with Crippen LogP contribution in [-0.2, 0) is 10.0 Å². The molecule has 25 heavy (non-hydrogen) atoms. The van der Waals surface area contributed by atoms with Gasteiger partial charge >= 0.3 is 0 Å². The van der Waals surface area contributed by atoms with E-state index >= 15 is 0 Å². The number of nitrogens with one attached hydrogen (secondary N) is 1. The molecule has 0 fully saturated rings. The zero-order valence-electron chi connectivity index (χ0n) is 14.4. The van der Waals surface area contributed by atoms with Gasteiger partial charge in [0.25, 0.3) is 15.9 Å². The molecule has 3 aromatic rings. The van der Waals surface area contributed by atoms with Crippen molar-refractivity contribution in [2.24, 2.45) is 0 Å². The number of hydrogen-bond acceptors (Lipinski definition) is 3. The van der Waals surface area contributed by atoms with Crippen LogP contribution < -0.4 is 5.32 Å². The number of aromatic nitrogens is 1. The lowest BCUT2D eigenvalue weighted by molar-refractivity contribution is 0.0921. The van der Waals surface area contributed by atoms with Gasteiger partial charge in [0.2, 0.25) is 0 Å². The summed E-state index contributed by atoms with van der Waals surface area (Å²) >= 11 is 0. The molecule has 0 atom stereocenters. The molecule has 1 heterocycles. The number of carbonyl (C=O) groups excluding carboxylic acids is 1. The van der Waals surface area contributed by atoms with E-state index in [4.69, 9.17) is 0 Å². The Morgan fingerprint density at radius 1 is 0.960 bits per heavy atom. The van der Waals surface area contributed by atoms with E-state index in [2.05, 4.69) is 5.32 Å². The molecule has 0 radical (unpaired) electrons. The Morgan fingerprint density at radius 2 is 1.56 bits per heavy atom. The number of hydrogen-bond donors (Lipinski definition) is 1. The lowest BCUT2D eigenvalue weighted by Gasteiger charge is -2.20. The molecule has 130 valence electrons. The minimum atomic E-state index is -3.79. The molecule has 1 aromatic heterocycles. The summed E-state index contributed by atoms with van der Waals surface area (Å²) in [5, 5.41) is 3.49. The molecule has 1 N–H and O–H groups in total. The van der Waals surface area contributed by atoms with Crippen LogP contribution in [0.15, 0.2) is 65.7 Å². The van der Waals surface area contributed by atoms with Crippen LogP contribution in [0.5, 0.6) is 0 Å². The van der Waals surface area contributed by atoms with Gasteiger partial charge in [0, 0.05) is 17.1 Å². The third kappa shape index (κ3) is 3.30. The molecule has 5 nitrogen and oxygen atoms in total. The highest BCUT2D eigenvalue weighted by atomic mass is 32.2. The van der Waals surface area contributed by atoms with E-state index in [9.17, 15) is 13.2 Å². The van der Waals surface area contributed by atoms with Gasteiger partial charge < -0.3 is 5.32 Å². The second kappa shape index (κ2) is 6.04. The number of benzene rings is 2. The minimum absolute atomic E-state index is 0.179. The summed E-state index contributed by atoms with van der Waals surface area (Å²) in [7, 11) is -3.79. The van der Waals surface area contributed by atoms with E-state index in [0.717, 1.165) is 0 Å². The maximum atomic E-state index is 13.0. The number of para-hydroxylation sites is 1. The zero-order valence-corrected chi connectivity index (χ0v) is 15.2. The van der Waals surface area contributed by atoms with Crippen molar-refractivity contribution in [3.05, 3.63) is 66.4 Å². The monoisotopic (exact) mass is 356 g/mol. The first kappa shape index (κ1) is 17.2. The van der Waals surface area contributed by atoms with Crippen molar-refractivity contribution >= 4 is 26.8 Å². The van der Waals surface area contributed by atoms with Gasteiger partial charge in [-0.05, 0) is 39.0 Å². The third-order valence-electron chi connectivity index (χ3n) is 3.71. The first-order valence-electron chi connectivity index (χ1n) is 7.93. The van der Waals surface area contributed by atoms with Crippen LogP contribution in [0, 0.1) is 0 Å². The Hall–Kier alpha value is -2.60. The van der Waals surface area contributed by atoms with Crippen molar-refractivity contribution in [1.29, 1.82) is 0 Å². The van der Waals surface area contributed by atoms with Crippen LogP contribution in [0.3, 0.4) is 0 Å². The molecule has 6 heteroatoms. The van der Waals surface area contributed by atoms with Crippen molar-refractivity contribution in [2.45, 2.75) is 31.2 Å². The van der Waals surface area contributed by atoms with Gasteiger partial charge in [-0.2, -0.15) is 0 Å². The quantitative estimate of drug-likeness (QED) is 0.782. The molecule has 1 amide bonds. The Labute approximate surface area is 147 Å². The van der Waals surface area contributed by atoms with Crippen molar-refractivity contribution in [3.63, 3.8) is 0 Å². The summed E-state index contributed by atoms with van der Waals surface area (Å²) < 4.78 is 27.2. The van der Waals surface area contributed by atoms with E-state index in [1.165, 1.54) is 10.2 Å². The SMILES string of the molecule is CC(C)(C)NC(=O)c1cn(S(=O)(=O)c2ccccc2)c2ccccc12. The molecule has 0 saturated carbocycles. The summed E-state index contributed by atoms with van der Waals surface area (Å²) in [5.74, 6) is -0.300. The van der Waals surface area contributed by atoms with Crippen LogP contribution in [0.1, 0.15) is 31.1 Å². The largest absolute Gasteiger partial charge is 0.347 e. The number of carbonyl (C=O) groups is 1. The summed E-state index contributed by atoms with van der Waals surface area (Å²) in [6.45, 7) is 5.64. The Balaban J connectivity index is 2.20. The van der Waals surface area contributed by atoms with Crippen molar-refractivity contribution < 1.29 is 13.2 Å². The summed E-state index contributed by atoms with van der Waals surface area (Å²) in [6.07, 6.45) is 1.40. The van der Waals surface area contributed by atoms with Gasteiger partial charge in [-0.3, -0.25) is 4.79 Å². The van der Waals surface area contributed by atoms with Crippen LogP contribution in [-0.4, -0.2) is 23.8 Å². The maximum absolute atomic E-state index is 13.0. The average molecular weight is 356 g/mol. The van der Waals surface area contributed by atoms with E-state index in [0.29, 0.717) is 16.5 Å². The molecule has 0 bridgehead atoms. The molecule has 0 aliphatic rings. The van der Waals surface area contributed by atoms with Gasteiger partial charge in [0.1, 0.15) is 0 Å².